The van der Waals surface area contributed by atoms with Crippen LogP contribution in [0.4, 0.5) is 11.4 Å². The van der Waals surface area contributed by atoms with Crippen molar-refractivity contribution < 1.29 is 19.2 Å². The highest BCUT2D eigenvalue weighted by Gasteiger charge is 2.64. The summed E-state index contributed by atoms with van der Waals surface area (Å²) in [6, 6.07) is 14.8. The van der Waals surface area contributed by atoms with E-state index >= 15 is 0 Å². The Morgan fingerprint density at radius 2 is 1.97 bits per heavy atom. The van der Waals surface area contributed by atoms with Crippen molar-refractivity contribution in [1.82, 2.24) is 9.88 Å². The number of nitro groups is 1. The molecule has 2 aliphatic rings. The van der Waals surface area contributed by atoms with Crippen molar-refractivity contribution in [2.75, 3.05) is 26.0 Å². The number of carbonyl (C=O) groups excluding carboxylic acids is 2. The molecule has 2 aliphatic heterocycles. The van der Waals surface area contributed by atoms with Gasteiger partial charge in [-0.15, -0.1) is 0 Å². The molecule has 3 aromatic rings. The van der Waals surface area contributed by atoms with Gasteiger partial charge in [0.25, 0.3) is 5.69 Å². The quantitative estimate of drug-likeness (QED) is 0.354. The maximum absolute atomic E-state index is 14.1. The van der Waals surface area contributed by atoms with E-state index in [1.807, 2.05) is 4.90 Å². The number of non-ortho nitro benzene ring substituents is 1. The van der Waals surface area contributed by atoms with Gasteiger partial charge in [-0.05, 0) is 42.9 Å². The number of benzene rings is 2. The number of Topliss-reactive ketones (excluding diaryl/α,β-unsaturated/α-hetero) is 1. The molecule has 3 heterocycles. The topological polar surface area (TPSA) is 115 Å². The molecule has 34 heavy (non-hydrogen) atoms. The Kier molecular flexibility index (Phi) is 5.13. The van der Waals surface area contributed by atoms with Gasteiger partial charge in [-0.2, -0.15) is 0 Å². The molecule has 0 unspecified atom stereocenters. The summed E-state index contributed by atoms with van der Waals surface area (Å²) in [5.74, 6) is -1.27. The molecule has 3 atom stereocenters. The maximum Gasteiger partial charge on any atom is 0.269 e. The van der Waals surface area contributed by atoms with E-state index in [9.17, 15) is 19.7 Å². The first-order valence-electron chi connectivity index (χ1n) is 10.8. The van der Waals surface area contributed by atoms with Crippen LogP contribution < -0.4 is 10.1 Å². The smallest absolute Gasteiger partial charge is 0.269 e. The largest absolute Gasteiger partial charge is 0.497 e. The fourth-order valence-corrected chi connectivity index (χ4v) is 5.41. The summed E-state index contributed by atoms with van der Waals surface area (Å²) in [6.45, 7) is 0.354. The summed E-state index contributed by atoms with van der Waals surface area (Å²) in [4.78, 5) is 44.6. The molecule has 5 rings (SSSR count). The van der Waals surface area contributed by atoms with Crippen molar-refractivity contribution in [3.63, 3.8) is 0 Å². The van der Waals surface area contributed by atoms with Crippen LogP contribution in [0.25, 0.3) is 0 Å². The SMILES string of the molecule is COc1ccc2c(c1)[C@@]1(C(=O)N2)[C@H](C(=O)c2ccncc2)[C@@H](c2cccc([N+](=O)[O-])c2)CN1C. The van der Waals surface area contributed by atoms with Crippen LogP contribution in [0.15, 0.2) is 67.0 Å². The Morgan fingerprint density at radius 3 is 2.68 bits per heavy atom. The van der Waals surface area contributed by atoms with E-state index in [-0.39, 0.29) is 17.4 Å². The lowest BCUT2D eigenvalue weighted by atomic mass is 9.70. The summed E-state index contributed by atoms with van der Waals surface area (Å²) in [5, 5.41) is 14.4. The Bertz CT molecular complexity index is 1310. The van der Waals surface area contributed by atoms with Gasteiger partial charge in [0.15, 0.2) is 5.78 Å². The van der Waals surface area contributed by atoms with Crippen LogP contribution in [-0.2, 0) is 10.3 Å². The Hall–Kier alpha value is -4.11. The zero-order chi connectivity index (χ0) is 24.0. The van der Waals surface area contributed by atoms with E-state index in [0.717, 1.165) is 0 Å². The molecule has 172 valence electrons. The molecule has 1 N–H and O–H groups in total. The lowest BCUT2D eigenvalue weighted by Crippen LogP contribution is -2.51. The number of ketones is 1. The lowest BCUT2D eigenvalue weighted by Gasteiger charge is -2.35. The Balaban J connectivity index is 1.74. The molecule has 1 spiro atoms. The first kappa shape index (κ1) is 21.7. The number of methoxy groups -OCH3 is 1. The van der Waals surface area contributed by atoms with Crippen molar-refractivity contribution >= 4 is 23.1 Å². The lowest BCUT2D eigenvalue weighted by molar-refractivity contribution is -0.384. The van der Waals surface area contributed by atoms with Gasteiger partial charge in [-0.25, -0.2) is 0 Å². The van der Waals surface area contributed by atoms with E-state index < -0.39 is 22.3 Å². The average molecular weight is 458 g/mol. The van der Waals surface area contributed by atoms with Gasteiger partial charge in [-0.1, -0.05) is 12.1 Å². The summed E-state index contributed by atoms with van der Waals surface area (Å²) in [5.41, 5.74) is 0.960. The molecular formula is C25H22N4O5. The third kappa shape index (κ3) is 3.08. The minimum atomic E-state index is -1.31. The van der Waals surface area contributed by atoms with Crippen molar-refractivity contribution in [3.8, 4) is 5.75 Å². The van der Waals surface area contributed by atoms with Gasteiger partial charge in [0, 0.05) is 53.8 Å². The third-order valence-electron chi connectivity index (χ3n) is 6.91. The van der Waals surface area contributed by atoms with Gasteiger partial charge in [0.05, 0.1) is 18.0 Å². The van der Waals surface area contributed by atoms with Gasteiger partial charge < -0.3 is 10.1 Å². The molecule has 1 aromatic heterocycles. The molecule has 0 aliphatic carbocycles. The van der Waals surface area contributed by atoms with Crippen LogP contribution in [0.2, 0.25) is 0 Å². The monoisotopic (exact) mass is 458 g/mol. The Morgan fingerprint density at radius 1 is 1.21 bits per heavy atom. The number of nitrogens with one attached hydrogen (secondary N) is 1. The van der Waals surface area contributed by atoms with E-state index in [1.165, 1.54) is 24.5 Å². The molecule has 1 saturated heterocycles. The molecule has 1 amide bonds. The number of ether oxygens (including phenoxy) is 1. The number of hydrogen-bond donors (Lipinski definition) is 1. The highest BCUT2D eigenvalue weighted by molar-refractivity contribution is 6.12. The molecule has 2 aromatic carbocycles. The minimum absolute atomic E-state index is 0.0610. The normalized spacial score (nSPS) is 23.5. The molecule has 1 fully saturated rings. The van der Waals surface area contributed by atoms with Gasteiger partial charge >= 0.3 is 0 Å². The highest BCUT2D eigenvalue weighted by Crippen LogP contribution is 2.56. The number of hydrogen-bond acceptors (Lipinski definition) is 7. The predicted molar refractivity (Wildman–Crippen MR) is 124 cm³/mol. The number of fused-ring (bicyclic) bond motifs is 2. The number of anilines is 1. The standard InChI is InChI=1S/C25H22N4O5/c1-28-14-19(16-4-3-5-17(12-16)29(32)33)22(23(30)15-8-10-26-11-9-15)25(28)20-13-18(34-2)6-7-21(20)27-24(25)31/h3-13,19,22H,14H2,1-2H3,(H,27,31)/t19-,22+,25+/m1/s1. The number of likely N-dealkylation sites (tertiary alicyclic amines) is 1. The second-order valence-electron chi connectivity index (χ2n) is 8.55. The third-order valence-corrected chi connectivity index (χ3v) is 6.91. The minimum Gasteiger partial charge on any atom is -0.497 e. The van der Waals surface area contributed by atoms with Gasteiger partial charge in [0.2, 0.25) is 5.91 Å². The van der Waals surface area contributed by atoms with E-state index in [0.29, 0.717) is 34.7 Å². The predicted octanol–water partition coefficient (Wildman–Crippen LogP) is 3.37. The van der Waals surface area contributed by atoms with Crippen LogP contribution in [0.5, 0.6) is 5.75 Å². The second kappa shape index (κ2) is 8.03. The molecule has 0 radical (unpaired) electrons. The molecule has 9 heteroatoms. The van der Waals surface area contributed by atoms with Crippen molar-refractivity contribution in [3.05, 3.63) is 93.8 Å². The summed E-state index contributed by atoms with van der Waals surface area (Å²) < 4.78 is 5.42. The second-order valence-corrected chi connectivity index (χ2v) is 8.55. The van der Waals surface area contributed by atoms with Crippen LogP contribution in [0.1, 0.15) is 27.4 Å². The van der Waals surface area contributed by atoms with Crippen LogP contribution >= 0.6 is 0 Å². The highest BCUT2D eigenvalue weighted by atomic mass is 16.6. The number of amides is 1. The molecule has 0 saturated carbocycles. The van der Waals surface area contributed by atoms with E-state index in [4.69, 9.17) is 4.74 Å². The first-order valence-corrected chi connectivity index (χ1v) is 10.8. The summed E-state index contributed by atoms with van der Waals surface area (Å²) in [7, 11) is 3.35. The number of aromatic nitrogens is 1. The number of nitro benzene ring substituents is 1. The zero-order valence-corrected chi connectivity index (χ0v) is 18.6. The van der Waals surface area contributed by atoms with Gasteiger partial charge in [0.1, 0.15) is 11.3 Å². The summed E-state index contributed by atoms with van der Waals surface area (Å²) >= 11 is 0. The maximum atomic E-state index is 14.1. The molecular weight excluding hydrogens is 436 g/mol. The van der Waals surface area contributed by atoms with E-state index in [2.05, 4.69) is 10.3 Å². The van der Waals surface area contributed by atoms with Crippen molar-refractivity contribution in [2.45, 2.75) is 11.5 Å². The average Bonchev–Trinajstić information content (AvgIpc) is 3.33. The fraction of sp³-hybridized carbons (Fsp3) is 0.240. The summed E-state index contributed by atoms with van der Waals surface area (Å²) in [6.07, 6.45) is 3.07. The number of nitrogens with zero attached hydrogens (tertiary/aromatic N) is 3. The van der Waals surface area contributed by atoms with Crippen molar-refractivity contribution in [1.29, 1.82) is 0 Å². The van der Waals surface area contributed by atoms with Crippen LogP contribution in [0, 0.1) is 16.0 Å². The molecule has 9 nitrogen and oxygen atoms in total. The Labute approximate surface area is 195 Å². The van der Waals surface area contributed by atoms with E-state index in [1.54, 1.807) is 56.6 Å². The number of likely N-dealkylation sites (N-methyl/N-ethyl adjacent to an activating group) is 1. The number of pyridine rings is 1. The number of rotatable bonds is 5. The fourth-order valence-electron chi connectivity index (χ4n) is 5.41. The van der Waals surface area contributed by atoms with Crippen LogP contribution in [0.3, 0.4) is 0 Å². The first-order chi connectivity index (χ1) is 16.4. The zero-order valence-electron chi connectivity index (χ0n) is 18.6. The van der Waals surface area contributed by atoms with Crippen LogP contribution in [-0.4, -0.2) is 47.2 Å². The van der Waals surface area contributed by atoms with Crippen molar-refractivity contribution in [2.24, 2.45) is 5.92 Å². The van der Waals surface area contributed by atoms with Gasteiger partial charge in [-0.3, -0.25) is 29.6 Å². The number of carbonyl (C=O) groups is 2. The molecule has 0 bridgehead atoms.